The molecule has 0 bridgehead atoms. The summed E-state index contributed by atoms with van der Waals surface area (Å²) in [5.41, 5.74) is 0. The van der Waals surface area contributed by atoms with Gasteiger partial charge in [0.1, 0.15) is 0 Å². The van der Waals surface area contributed by atoms with Gasteiger partial charge in [-0.05, 0) is 31.1 Å². The molecule has 0 spiro atoms. The highest BCUT2D eigenvalue weighted by atomic mass is 16.4. The first-order valence-corrected chi connectivity index (χ1v) is 4.10. The molecule has 0 saturated carbocycles. The molecule has 0 rings (SSSR count). The summed E-state index contributed by atoms with van der Waals surface area (Å²) in [4.78, 5) is 10.0. The van der Waals surface area contributed by atoms with Gasteiger partial charge in [-0.3, -0.25) is 0 Å². The third-order valence-electron chi connectivity index (χ3n) is 1.34. The third kappa shape index (κ3) is 10.3. The molecular weight excluding hydrogens is 164 g/mol. The van der Waals surface area contributed by atoms with Gasteiger partial charge in [0, 0.05) is 12.5 Å². The van der Waals surface area contributed by atoms with Crippen molar-refractivity contribution < 1.29 is 9.90 Å². The fraction of sp³-hybridized carbons (Fsp3) is 0.364. The molecule has 2 heteroatoms. The van der Waals surface area contributed by atoms with Crippen molar-refractivity contribution in [3.8, 4) is 24.2 Å². The Kier molecular flexibility index (Phi) is 7.34. The maximum absolute atomic E-state index is 10.0. The first-order chi connectivity index (χ1) is 6.27. The van der Waals surface area contributed by atoms with Gasteiger partial charge < -0.3 is 5.11 Å². The van der Waals surface area contributed by atoms with Gasteiger partial charge in [-0.15, -0.1) is 6.42 Å². The number of carboxylic acid groups (broad SMARTS) is 1. The average molecular weight is 176 g/mol. The summed E-state index contributed by atoms with van der Waals surface area (Å²) in [7, 11) is 0. The molecule has 0 radical (unpaired) electrons. The van der Waals surface area contributed by atoms with Crippen LogP contribution in [-0.2, 0) is 4.79 Å². The van der Waals surface area contributed by atoms with Crippen LogP contribution in [0.1, 0.15) is 25.7 Å². The van der Waals surface area contributed by atoms with E-state index in [1.165, 1.54) is 0 Å². The fourth-order valence-electron chi connectivity index (χ4n) is 0.773. The number of hydrogen-bond acceptors (Lipinski definition) is 1. The number of allylic oxidation sites excluding steroid dienone is 1. The van der Waals surface area contributed by atoms with Gasteiger partial charge in [0.25, 0.3) is 0 Å². The van der Waals surface area contributed by atoms with Crippen molar-refractivity contribution in [3.63, 3.8) is 0 Å². The lowest BCUT2D eigenvalue weighted by atomic mass is 10.2. The molecule has 13 heavy (non-hydrogen) atoms. The zero-order chi connectivity index (χ0) is 9.94. The average Bonchev–Trinajstić information content (AvgIpc) is 2.09. The van der Waals surface area contributed by atoms with Gasteiger partial charge in [0.2, 0.25) is 0 Å². The number of hydrogen-bond donors (Lipinski definition) is 1. The van der Waals surface area contributed by atoms with Crippen molar-refractivity contribution >= 4 is 5.97 Å². The van der Waals surface area contributed by atoms with Crippen molar-refractivity contribution in [1.29, 1.82) is 0 Å². The van der Waals surface area contributed by atoms with Gasteiger partial charge in [-0.2, -0.15) is 0 Å². The maximum atomic E-state index is 10.0. The molecule has 0 aliphatic carbocycles. The Morgan fingerprint density at radius 3 is 2.85 bits per heavy atom. The van der Waals surface area contributed by atoms with Gasteiger partial charge in [0.15, 0.2) is 0 Å². The number of unbranched alkanes of at least 4 members (excludes halogenated alkanes) is 3. The van der Waals surface area contributed by atoms with Crippen LogP contribution in [0, 0.1) is 24.2 Å². The zero-order valence-electron chi connectivity index (χ0n) is 7.42. The molecule has 0 aromatic rings. The fourth-order valence-corrected chi connectivity index (χ4v) is 0.773. The lowest BCUT2D eigenvalue weighted by Crippen LogP contribution is -1.85. The summed E-state index contributed by atoms with van der Waals surface area (Å²) >= 11 is 0. The van der Waals surface area contributed by atoms with Gasteiger partial charge >= 0.3 is 5.97 Å². The van der Waals surface area contributed by atoms with Crippen LogP contribution in [0.4, 0.5) is 0 Å². The highest BCUT2D eigenvalue weighted by molar-refractivity contribution is 5.79. The summed E-state index contributed by atoms with van der Waals surface area (Å²) < 4.78 is 0. The topological polar surface area (TPSA) is 37.3 Å². The minimum atomic E-state index is -0.896. The highest BCUT2D eigenvalue weighted by Crippen LogP contribution is 1.99. The predicted octanol–water partition coefficient (Wildman–Crippen LogP) is 1.82. The maximum Gasteiger partial charge on any atom is 0.327 e. The third-order valence-corrected chi connectivity index (χ3v) is 1.34. The molecule has 0 heterocycles. The van der Waals surface area contributed by atoms with Gasteiger partial charge in [0.05, 0.1) is 0 Å². The zero-order valence-corrected chi connectivity index (χ0v) is 7.42. The molecule has 0 aliphatic rings. The Balaban J connectivity index is 3.28. The molecule has 0 aromatic carbocycles. The van der Waals surface area contributed by atoms with Gasteiger partial charge in [-0.25, -0.2) is 4.79 Å². The molecule has 0 aliphatic heterocycles. The van der Waals surface area contributed by atoms with Crippen LogP contribution >= 0.6 is 0 Å². The number of carbonyl (C=O) groups is 1. The number of rotatable bonds is 5. The van der Waals surface area contributed by atoms with E-state index in [4.69, 9.17) is 11.5 Å². The predicted molar refractivity (Wildman–Crippen MR) is 51.9 cm³/mol. The van der Waals surface area contributed by atoms with E-state index in [0.29, 0.717) is 0 Å². The first-order valence-electron chi connectivity index (χ1n) is 4.10. The summed E-state index contributed by atoms with van der Waals surface area (Å²) in [6, 6.07) is 0. The van der Waals surface area contributed by atoms with E-state index in [2.05, 4.69) is 17.8 Å². The Morgan fingerprint density at radius 2 is 2.23 bits per heavy atom. The Morgan fingerprint density at radius 1 is 1.46 bits per heavy atom. The summed E-state index contributed by atoms with van der Waals surface area (Å²) in [6.45, 7) is 0. The second kappa shape index (κ2) is 8.43. The molecule has 0 saturated heterocycles. The molecule has 0 unspecified atom stereocenters. The molecule has 0 amide bonds. The van der Waals surface area contributed by atoms with Crippen LogP contribution in [-0.4, -0.2) is 11.1 Å². The smallest absolute Gasteiger partial charge is 0.327 e. The molecular formula is C11H12O2. The van der Waals surface area contributed by atoms with Crippen molar-refractivity contribution in [2.75, 3.05) is 0 Å². The lowest BCUT2D eigenvalue weighted by molar-refractivity contribution is -0.131. The van der Waals surface area contributed by atoms with Crippen LogP contribution in [0.5, 0.6) is 0 Å². The van der Waals surface area contributed by atoms with E-state index < -0.39 is 5.97 Å². The van der Waals surface area contributed by atoms with Crippen molar-refractivity contribution in [1.82, 2.24) is 0 Å². The Hall–Kier alpha value is -1.67. The van der Waals surface area contributed by atoms with Crippen LogP contribution in [0.15, 0.2) is 12.2 Å². The first kappa shape index (κ1) is 11.3. The van der Waals surface area contributed by atoms with E-state index in [9.17, 15) is 4.79 Å². The molecule has 0 fully saturated rings. The Labute approximate surface area is 78.7 Å². The van der Waals surface area contributed by atoms with Crippen LogP contribution < -0.4 is 0 Å². The van der Waals surface area contributed by atoms with Crippen LogP contribution in [0.25, 0.3) is 0 Å². The Bertz CT molecular complexity index is 271. The number of aliphatic carboxylic acids is 1. The lowest BCUT2D eigenvalue weighted by Gasteiger charge is -1.89. The summed E-state index contributed by atoms with van der Waals surface area (Å²) in [5.74, 6) is 6.67. The molecule has 68 valence electrons. The van der Waals surface area contributed by atoms with E-state index in [-0.39, 0.29) is 0 Å². The molecule has 0 atom stereocenters. The monoisotopic (exact) mass is 176 g/mol. The number of terminal acetylenes is 1. The SMILES string of the molecule is C#CC#CCCCCC=CC(=O)O. The minimum Gasteiger partial charge on any atom is -0.478 e. The second-order valence-electron chi connectivity index (χ2n) is 2.43. The summed E-state index contributed by atoms with van der Waals surface area (Å²) in [6.07, 6.45) is 11.2. The molecule has 1 N–H and O–H groups in total. The van der Waals surface area contributed by atoms with Crippen LogP contribution in [0.2, 0.25) is 0 Å². The standard InChI is InChI=1S/C11H12O2/c1-2-3-4-5-6-7-8-9-10-11(12)13/h1,9-10H,5-8H2,(H,12,13). The largest absolute Gasteiger partial charge is 0.478 e. The van der Waals surface area contributed by atoms with E-state index in [0.717, 1.165) is 31.8 Å². The van der Waals surface area contributed by atoms with E-state index in [1.54, 1.807) is 6.08 Å². The molecule has 0 aromatic heterocycles. The van der Waals surface area contributed by atoms with E-state index >= 15 is 0 Å². The van der Waals surface area contributed by atoms with Crippen molar-refractivity contribution in [2.24, 2.45) is 0 Å². The van der Waals surface area contributed by atoms with Gasteiger partial charge in [-0.1, -0.05) is 12.0 Å². The minimum absolute atomic E-state index is 0.782. The van der Waals surface area contributed by atoms with E-state index in [1.807, 2.05) is 0 Å². The van der Waals surface area contributed by atoms with Crippen molar-refractivity contribution in [3.05, 3.63) is 12.2 Å². The summed E-state index contributed by atoms with van der Waals surface area (Å²) in [5, 5.41) is 8.25. The second-order valence-corrected chi connectivity index (χ2v) is 2.43. The van der Waals surface area contributed by atoms with Crippen LogP contribution in [0.3, 0.4) is 0 Å². The highest BCUT2D eigenvalue weighted by Gasteiger charge is 1.86. The number of carboxylic acids is 1. The van der Waals surface area contributed by atoms with Crippen molar-refractivity contribution in [2.45, 2.75) is 25.7 Å². The normalized spacial score (nSPS) is 8.85. The quantitative estimate of drug-likeness (QED) is 0.394. The molecule has 2 nitrogen and oxygen atoms in total.